The molecule has 6 heteroatoms. The molecular weight excluding hydrogens is 302 g/mol. The Kier molecular flexibility index (Phi) is 6.14. The third-order valence-corrected chi connectivity index (χ3v) is 5.25. The van der Waals surface area contributed by atoms with Gasteiger partial charge in [0.2, 0.25) is 10.0 Å². The highest BCUT2D eigenvalue weighted by Crippen LogP contribution is 2.28. The first-order valence-electron chi connectivity index (χ1n) is 7.29. The molecule has 0 amide bonds. The molecular formula is C16H25NO4S. The van der Waals surface area contributed by atoms with Crippen molar-refractivity contribution in [2.45, 2.75) is 51.9 Å². The van der Waals surface area contributed by atoms with E-state index in [4.69, 9.17) is 9.88 Å². The molecule has 0 aliphatic heterocycles. The van der Waals surface area contributed by atoms with Gasteiger partial charge in [0, 0.05) is 0 Å². The van der Waals surface area contributed by atoms with E-state index < -0.39 is 26.7 Å². The van der Waals surface area contributed by atoms with Gasteiger partial charge in [0.1, 0.15) is 0 Å². The topological polar surface area (TPSA) is 86.5 Å². The van der Waals surface area contributed by atoms with Crippen LogP contribution in [0.5, 0.6) is 0 Å². The number of hydrogen-bond acceptors (Lipinski definition) is 4. The number of rotatable bonds is 6. The molecule has 22 heavy (non-hydrogen) atoms. The van der Waals surface area contributed by atoms with Crippen LogP contribution in [-0.2, 0) is 14.8 Å². The van der Waals surface area contributed by atoms with Crippen molar-refractivity contribution in [1.82, 2.24) is 0 Å². The molecule has 124 valence electrons. The van der Waals surface area contributed by atoms with Crippen LogP contribution in [0.2, 0.25) is 0 Å². The summed E-state index contributed by atoms with van der Waals surface area (Å²) in [5.41, 5.74) is 0.0182. The Morgan fingerprint density at radius 1 is 1.18 bits per heavy atom. The monoisotopic (exact) mass is 327 g/mol. The van der Waals surface area contributed by atoms with E-state index in [-0.39, 0.29) is 6.10 Å². The van der Waals surface area contributed by atoms with Crippen LogP contribution in [0.3, 0.4) is 0 Å². The zero-order valence-corrected chi connectivity index (χ0v) is 14.4. The molecule has 0 saturated carbocycles. The Balaban J connectivity index is 2.62. The van der Waals surface area contributed by atoms with Crippen LogP contribution >= 0.6 is 0 Å². The van der Waals surface area contributed by atoms with Crippen molar-refractivity contribution in [3.63, 3.8) is 0 Å². The van der Waals surface area contributed by atoms with Crippen LogP contribution in [0.1, 0.15) is 50.9 Å². The van der Waals surface area contributed by atoms with Crippen LogP contribution in [0, 0.1) is 5.41 Å². The third kappa shape index (κ3) is 5.77. The zero-order valence-electron chi connectivity index (χ0n) is 13.6. The number of carbonyl (C=O) groups excluding carboxylic acids is 1. The van der Waals surface area contributed by atoms with Crippen molar-refractivity contribution in [2.75, 3.05) is 0 Å². The fourth-order valence-electron chi connectivity index (χ4n) is 2.36. The summed E-state index contributed by atoms with van der Waals surface area (Å²) in [6.07, 6.45) is 0.419. The number of hydrogen-bond donors (Lipinski definition) is 1. The Morgan fingerprint density at radius 2 is 1.73 bits per heavy atom. The first-order chi connectivity index (χ1) is 10.0. The molecule has 0 aliphatic carbocycles. The first-order valence-corrected chi connectivity index (χ1v) is 8.90. The predicted octanol–water partition coefficient (Wildman–Crippen LogP) is 2.72. The fourth-order valence-corrected chi connectivity index (χ4v) is 3.81. The number of ether oxygens (including phenoxy) is 1. The summed E-state index contributed by atoms with van der Waals surface area (Å²) >= 11 is 0. The second kappa shape index (κ2) is 7.24. The minimum absolute atomic E-state index is 0.353. The summed E-state index contributed by atoms with van der Waals surface area (Å²) in [6, 6.07) is 8.70. The van der Waals surface area contributed by atoms with E-state index >= 15 is 0 Å². The van der Waals surface area contributed by atoms with Gasteiger partial charge >= 0.3 is 5.97 Å². The van der Waals surface area contributed by atoms with E-state index in [2.05, 4.69) is 0 Å². The fraction of sp³-hybridized carbons (Fsp3) is 0.562. The van der Waals surface area contributed by atoms with Gasteiger partial charge in [0.15, 0.2) is 0 Å². The van der Waals surface area contributed by atoms with Gasteiger partial charge in [0.05, 0.1) is 16.9 Å². The van der Waals surface area contributed by atoms with Gasteiger partial charge in [-0.25, -0.2) is 18.4 Å². The number of benzene rings is 1. The molecule has 0 spiro atoms. The highest BCUT2D eigenvalue weighted by atomic mass is 32.2. The molecule has 0 aromatic heterocycles. The van der Waals surface area contributed by atoms with Crippen LogP contribution < -0.4 is 5.14 Å². The van der Waals surface area contributed by atoms with E-state index in [1.807, 2.05) is 26.8 Å². The number of sulfonamides is 1. The number of primary sulfonamides is 1. The van der Waals surface area contributed by atoms with Gasteiger partial charge in [-0.3, -0.25) is 0 Å². The smallest absolute Gasteiger partial charge is 0.338 e. The lowest BCUT2D eigenvalue weighted by Crippen LogP contribution is -2.39. The maximum absolute atomic E-state index is 11.9. The molecule has 5 nitrogen and oxygen atoms in total. The Morgan fingerprint density at radius 3 is 2.18 bits per heavy atom. The summed E-state index contributed by atoms with van der Waals surface area (Å²) in [5, 5.41) is 4.64. The predicted molar refractivity (Wildman–Crippen MR) is 86.9 cm³/mol. The molecule has 2 atom stereocenters. The SMILES string of the molecule is CC(CC[C@H](C(C)(C)C)S(N)(=O)=O)OC(=O)c1ccccc1. The Labute approximate surface area is 132 Å². The maximum atomic E-state index is 11.9. The second-order valence-corrected chi connectivity index (χ2v) is 8.35. The van der Waals surface area contributed by atoms with Crippen molar-refractivity contribution in [1.29, 1.82) is 0 Å². The molecule has 0 bridgehead atoms. The summed E-state index contributed by atoms with van der Waals surface area (Å²) in [7, 11) is -3.64. The first kappa shape index (κ1) is 18.6. The largest absolute Gasteiger partial charge is 0.459 e. The summed E-state index contributed by atoms with van der Waals surface area (Å²) < 4.78 is 28.7. The van der Waals surface area contributed by atoms with Crippen LogP contribution in [0.25, 0.3) is 0 Å². The van der Waals surface area contributed by atoms with Crippen LogP contribution in [-0.4, -0.2) is 25.7 Å². The van der Waals surface area contributed by atoms with Crippen molar-refractivity contribution in [2.24, 2.45) is 10.6 Å². The van der Waals surface area contributed by atoms with E-state index in [1.165, 1.54) is 0 Å². The third-order valence-electron chi connectivity index (χ3n) is 3.52. The van der Waals surface area contributed by atoms with Crippen molar-refractivity contribution < 1.29 is 17.9 Å². The van der Waals surface area contributed by atoms with Crippen molar-refractivity contribution in [3.8, 4) is 0 Å². The lowest BCUT2D eigenvalue weighted by atomic mass is 9.88. The van der Waals surface area contributed by atoms with Gasteiger partial charge < -0.3 is 4.74 Å². The van der Waals surface area contributed by atoms with Crippen LogP contribution in [0.4, 0.5) is 0 Å². The number of nitrogens with two attached hydrogens (primary N) is 1. The minimum Gasteiger partial charge on any atom is -0.459 e. The molecule has 1 aromatic carbocycles. The molecule has 0 radical (unpaired) electrons. The van der Waals surface area contributed by atoms with E-state index in [0.717, 1.165) is 0 Å². The Bertz CT molecular complexity index is 590. The molecule has 1 unspecified atom stereocenters. The number of carbonyl (C=O) groups is 1. The highest BCUT2D eigenvalue weighted by molar-refractivity contribution is 7.89. The summed E-state index contributed by atoms with van der Waals surface area (Å²) in [5.74, 6) is -0.406. The standard InChI is InChI=1S/C16H25NO4S/c1-12(21-15(18)13-8-6-5-7-9-13)10-11-14(16(2,3)4)22(17,19)20/h5-9,12,14H,10-11H2,1-4H3,(H2,17,19,20)/t12?,14-/m1/s1. The van der Waals surface area contributed by atoms with Crippen molar-refractivity contribution >= 4 is 16.0 Å². The average molecular weight is 327 g/mol. The van der Waals surface area contributed by atoms with Crippen LogP contribution in [0.15, 0.2) is 30.3 Å². The molecule has 1 rings (SSSR count). The zero-order chi connectivity index (χ0) is 17.0. The number of esters is 1. The van der Waals surface area contributed by atoms with Gasteiger partial charge in [0.25, 0.3) is 0 Å². The summed E-state index contributed by atoms with van der Waals surface area (Å²) in [4.78, 5) is 11.9. The maximum Gasteiger partial charge on any atom is 0.338 e. The Hall–Kier alpha value is -1.40. The molecule has 1 aromatic rings. The second-order valence-electron chi connectivity index (χ2n) is 6.60. The van der Waals surface area contributed by atoms with E-state index in [1.54, 1.807) is 31.2 Å². The molecule has 0 heterocycles. The normalized spacial score (nSPS) is 15.1. The van der Waals surface area contributed by atoms with Gasteiger partial charge in [-0.1, -0.05) is 39.0 Å². The molecule has 2 N–H and O–H groups in total. The average Bonchev–Trinajstić information content (AvgIpc) is 2.36. The van der Waals surface area contributed by atoms with E-state index in [0.29, 0.717) is 18.4 Å². The lowest BCUT2D eigenvalue weighted by Gasteiger charge is -2.29. The van der Waals surface area contributed by atoms with E-state index in [9.17, 15) is 13.2 Å². The quantitative estimate of drug-likeness (QED) is 0.814. The van der Waals surface area contributed by atoms with Crippen molar-refractivity contribution in [3.05, 3.63) is 35.9 Å². The molecule has 0 fully saturated rings. The minimum atomic E-state index is -3.64. The van der Waals surface area contributed by atoms with Gasteiger partial charge in [-0.2, -0.15) is 0 Å². The summed E-state index contributed by atoms with van der Waals surface area (Å²) in [6.45, 7) is 7.26. The highest BCUT2D eigenvalue weighted by Gasteiger charge is 2.34. The molecule has 0 saturated heterocycles. The molecule has 0 aliphatic rings. The van der Waals surface area contributed by atoms with Gasteiger partial charge in [-0.15, -0.1) is 0 Å². The van der Waals surface area contributed by atoms with Gasteiger partial charge in [-0.05, 0) is 37.3 Å². The lowest BCUT2D eigenvalue weighted by molar-refractivity contribution is 0.0316.